The number of anilines is 1. The average Bonchev–Trinajstić information content (AvgIpc) is 2.99. The van der Waals surface area contributed by atoms with Gasteiger partial charge in [-0.1, -0.05) is 25.1 Å². The van der Waals surface area contributed by atoms with Gasteiger partial charge >= 0.3 is 5.97 Å². The summed E-state index contributed by atoms with van der Waals surface area (Å²) >= 11 is 1.35. The zero-order chi connectivity index (χ0) is 18.3. The Morgan fingerprint density at radius 2 is 1.96 bits per heavy atom. The minimum Gasteiger partial charge on any atom is -0.422 e. The van der Waals surface area contributed by atoms with Crippen LogP contribution in [0.3, 0.4) is 0 Å². The fraction of sp³-hybridized carbons (Fsp3) is 0.333. The Morgan fingerprint density at radius 3 is 2.69 bits per heavy atom. The van der Waals surface area contributed by atoms with Gasteiger partial charge in [0.25, 0.3) is 0 Å². The third-order valence-corrected chi connectivity index (χ3v) is 6.18. The lowest BCUT2D eigenvalue weighted by Gasteiger charge is -2.19. The fourth-order valence-electron chi connectivity index (χ4n) is 3.75. The predicted molar refractivity (Wildman–Crippen MR) is 106 cm³/mol. The topological polar surface area (TPSA) is 65.2 Å². The summed E-state index contributed by atoms with van der Waals surface area (Å²) in [5.74, 6) is 0.168. The van der Waals surface area contributed by atoms with E-state index >= 15 is 0 Å². The van der Waals surface area contributed by atoms with Crippen molar-refractivity contribution in [2.45, 2.75) is 46.0 Å². The van der Waals surface area contributed by atoms with Gasteiger partial charge in [-0.3, -0.25) is 0 Å². The highest BCUT2D eigenvalue weighted by Gasteiger charge is 2.25. The number of hydrogen-bond acceptors (Lipinski definition) is 5. The van der Waals surface area contributed by atoms with Crippen molar-refractivity contribution in [3.63, 3.8) is 0 Å². The van der Waals surface area contributed by atoms with Gasteiger partial charge in [-0.15, -0.1) is 11.3 Å². The Kier molecular flexibility index (Phi) is 4.41. The van der Waals surface area contributed by atoms with Gasteiger partial charge in [-0.05, 0) is 61.8 Å². The normalized spacial score (nSPS) is 13.6. The van der Waals surface area contributed by atoms with Gasteiger partial charge < -0.3 is 10.5 Å². The third-order valence-electron chi connectivity index (χ3n) is 5.10. The number of aryl methyl sites for hydroxylation is 3. The maximum Gasteiger partial charge on any atom is 0.355 e. The second-order valence-corrected chi connectivity index (χ2v) is 7.76. The number of carbonyl (C=O) groups excluding carboxylic acids is 1. The number of nitrogen functional groups attached to an aromatic ring is 1. The van der Waals surface area contributed by atoms with E-state index in [1.807, 2.05) is 25.1 Å². The lowest BCUT2D eigenvalue weighted by molar-refractivity contribution is 0.0739. The molecule has 0 atom stereocenters. The lowest BCUT2D eigenvalue weighted by atomic mass is 9.88. The summed E-state index contributed by atoms with van der Waals surface area (Å²) < 4.78 is 5.61. The van der Waals surface area contributed by atoms with Crippen molar-refractivity contribution < 1.29 is 9.53 Å². The van der Waals surface area contributed by atoms with Crippen molar-refractivity contribution in [2.24, 2.45) is 0 Å². The van der Waals surface area contributed by atoms with Gasteiger partial charge in [0.15, 0.2) is 0 Å². The van der Waals surface area contributed by atoms with Gasteiger partial charge in [0, 0.05) is 11.1 Å². The van der Waals surface area contributed by atoms with Gasteiger partial charge in [0.2, 0.25) is 0 Å². The molecule has 4 nitrogen and oxygen atoms in total. The molecule has 2 aromatic heterocycles. The maximum atomic E-state index is 12.8. The van der Waals surface area contributed by atoms with Crippen molar-refractivity contribution in [3.8, 4) is 5.75 Å². The number of pyridine rings is 1. The molecule has 0 saturated heterocycles. The third kappa shape index (κ3) is 2.76. The van der Waals surface area contributed by atoms with Crippen LogP contribution in [-0.2, 0) is 19.3 Å². The molecule has 2 heterocycles. The van der Waals surface area contributed by atoms with E-state index in [9.17, 15) is 4.79 Å². The molecule has 1 aliphatic carbocycles. The molecule has 0 aliphatic heterocycles. The molecular weight excluding hydrogens is 344 g/mol. The number of benzene rings is 1. The van der Waals surface area contributed by atoms with Crippen molar-refractivity contribution in [2.75, 3.05) is 5.73 Å². The number of nitrogens with zero attached hydrogens (tertiary/aromatic N) is 1. The number of carbonyl (C=O) groups is 1. The monoisotopic (exact) mass is 366 g/mol. The molecule has 134 valence electrons. The molecule has 3 aromatic rings. The molecule has 4 rings (SSSR count). The predicted octanol–water partition coefficient (Wildman–Crippen LogP) is 4.85. The standard InChI is InChI=1S/C21H22N2O2S/c1-3-15-13-9-5-6-10-14(13)17-18(22)19(26-20(17)23-15)21(24)25-16-11-7-4-8-12(16)2/h4,7-8,11H,3,5-6,9-10,22H2,1-2H3. The minimum absolute atomic E-state index is 0.401. The zero-order valence-corrected chi connectivity index (χ0v) is 15.9. The lowest BCUT2D eigenvalue weighted by Crippen LogP contribution is -2.11. The number of ether oxygens (including phenoxy) is 1. The second-order valence-electron chi connectivity index (χ2n) is 6.76. The van der Waals surface area contributed by atoms with E-state index in [4.69, 9.17) is 15.5 Å². The zero-order valence-electron chi connectivity index (χ0n) is 15.1. The highest BCUT2D eigenvalue weighted by atomic mass is 32.1. The van der Waals surface area contributed by atoms with Crippen LogP contribution < -0.4 is 10.5 Å². The number of esters is 1. The molecule has 0 saturated carbocycles. The maximum absolute atomic E-state index is 12.8. The highest BCUT2D eigenvalue weighted by molar-refractivity contribution is 7.21. The number of nitrogens with two attached hydrogens (primary N) is 1. The number of para-hydroxylation sites is 1. The molecule has 0 spiro atoms. The van der Waals surface area contributed by atoms with Crippen molar-refractivity contribution in [3.05, 3.63) is 51.5 Å². The summed E-state index contributed by atoms with van der Waals surface area (Å²) in [6.45, 7) is 4.05. The summed E-state index contributed by atoms with van der Waals surface area (Å²) in [7, 11) is 0. The van der Waals surface area contributed by atoms with E-state index in [-0.39, 0.29) is 0 Å². The van der Waals surface area contributed by atoms with Crippen LogP contribution in [0, 0.1) is 6.92 Å². The first-order valence-electron chi connectivity index (χ1n) is 9.10. The quantitative estimate of drug-likeness (QED) is 0.532. The number of aromatic nitrogens is 1. The largest absolute Gasteiger partial charge is 0.422 e. The van der Waals surface area contributed by atoms with Crippen LogP contribution in [0.1, 0.15) is 51.8 Å². The molecule has 1 aromatic carbocycles. The van der Waals surface area contributed by atoms with E-state index in [1.54, 1.807) is 6.07 Å². The first-order chi connectivity index (χ1) is 12.6. The highest BCUT2D eigenvalue weighted by Crippen LogP contribution is 2.40. The molecular formula is C21H22N2O2S. The van der Waals surface area contributed by atoms with Crippen molar-refractivity contribution in [1.29, 1.82) is 0 Å². The molecule has 0 radical (unpaired) electrons. The van der Waals surface area contributed by atoms with Crippen LogP contribution in [0.5, 0.6) is 5.75 Å². The van der Waals surface area contributed by atoms with Crippen LogP contribution in [0.2, 0.25) is 0 Å². The first-order valence-corrected chi connectivity index (χ1v) is 9.92. The summed E-state index contributed by atoms with van der Waals surface area (Å²) in [5, 5.41) is 0.971. The molecule has 0 fully saturated rings. The second kappa shape index (κ2) is 6.72. The smallest absolute Gasteiger partial charge is 0.355 e. The summed E-state index contributed by atoms with van der Waals surface area (Å²) in [6, 6.07) is 7.49. The van der Waals surface area contributed by atoms with Gasteiger partial charge in [0.1, 0.15) is 15.5 Å². The van der Waals surface area contributed by atoms with Crippen molar-refractivity contribution in [1.82, 2.24) is 4.98 Å². The fourth-order valence-corrected chi connectivity index (χ4v) is 4.77. The van der Waals surface area contributed by atoms with Gasteiger partial charge in [-0.2, -0.15) is 0 Å². The average molecular weight is 366 g/mol. The molecule has 2 N–H and O–H groups in total. The van der Waals surface area contributed by atoms with Gasteiger partial charge in [0.05, 0.1) is 5.69 Å². The molecule has 1 aliphatic rings. The Bertz CT molecular complexity index is 1010. The van der Waals surface area contributed by atoms with Crippen LogP contribution in [0.25, 0.3) is 10.2 Å². The Labute approximate surface area is 157 Å². The summed E-state index contributed by atoms with van der Waals surface area (Å²) in [6.07, 6.45) is 5.32. The number of rotatable bonds is 3. The number of thiophene rings is 1. The SMILES string of the molecule is CCc1nc2sc(C(=O)Oc3ccccc3C)c(N)c2c2c1CCCC2. The van der Waals surface area contributed by atoms with E-state index in [0.717, 1.165) is 47.2 Å². The number of fused-ring (bicyclic) bond motifs is 3. The molecule has 0 unspecified atom stereocenters. The molecule has 26 heavy (non-hydrogen) atoms. The van der Waals surface area contributed by atoms with Crippen molar-refractivity contribution >= 4 is 33.2 Å². The van der Waals surface area contributed by atoms with E-state index in [1.165, 1.54) is 28.9 Å². The summed E-state index contributed by atoms with van der Waals surface area (Å²) in [5.41, 5.74) is 11.6. The van der Waals surface area contributed by atoms with E-state index in [0.29, 0.717) is 16.3 Å². The van der Waals surface area contributed by atoms with Crippen LogP contribution >= 0.6 is 11.3 Å². The van der Waals surface area contributed by atoms with Gasteiger partial charge in [-0.25, -0.2) is 9.78 Å². The number of hydrogen-bond donors (Lipinski definition) is 1. The molecule has 5 heteroatoms. The van der Waals surface area contributed by atoms with Crippen LogP contribution in [0.15, 0.2) is 24.3 Å². The Balaban J connectivity index is 1.80. The minimum atomic E-state index is -0.401. The Morgan fingerprint density at radius 1 is 1.23 bits per heavy atom. The van der Waals surface area contributed by atoms with Crippen LogP contribution in [0.4, 0.5) is 5.69 Å². The molecule has 0 bridgehead atoms. The van der Waals surface area contributed by atoms with Crippen LogP contribution in [-0.4, -0.2) is 11.0 Å². The van der Waals surface area contributed by atoms with E-state index < -0.39 is 5.97 Å². The van der Waals surface area contributed by atoms with E-state index in [2.05, 4.69) is 6.92 Å². The molecule has 0 amide bonds. The Hall–Kier alpha value is -2.40. The summed E-state index contributed by atoms with van der Waals surface area (Å²) in [4.78, 5) is 18.9. The first kappa shape index (κ1) is 17.0.